The van der Waals surface area contributed by atoms with E-state index in [-0.39, 0.29) is 50.5 Å². The van der Waals surface area contributed by atoms with Crippen molar-refractivity contribution in [2.24, 2.45) is 0 Å². The van der Waals surface area contributed by atoms with E-state index in [1.54, 1.807) is 24.3 Å². The number of urea groups is 1. The summed E-state index contributed by atoms with van der Waals surface area (Å²) < 4.78 is 78.9. The molecular formula is C24H21ClF6N4O3. The molecule has 0 bridgehead atoms. The third-order valence-corrected chi connectivity index (χ3v) is 6.50. The molecule has 204 valence electrons. The molecule has 38 heavy (non-hydrogen) atoms. The lowest BCUT2D eigenvalue weighted by atomic mass is 10.0. The highest BCUT2D eigenvalue weighted by atomic mass is 35.5. The Bertz CT molecular complexity index is 1220. The zero-order valence-electron chi connectivity index (χ0n) is 19.6. The lowest BCUT2D eigenvalue weighted by Crippen LogP contribution is -2.68. The van der Waals surface area contributed by atoms with Crippen LogP contribution in [0.4, 0.5) is 31.1 Å². The number of nitrogens with one attached hydrogen (secondary N) is 1. The second-order valence-electron chi connectivity index (χ2n) is 8.92. The first-order valence-corrected chi connectivity index (χ1v) is 11.7. The molecule has 1 unspecified atom stereocenters. The zero-order chi connectivity index (χ0) is 27.8. The molecule has 0 spiro atoms. The first-order valence-electron chi connectivity index (χ1n) is 11.4. The van der Waals surface area contributed by atoms with Gasteiger partial charge in [-0.2, -0.15) is 26.3 Å². The number of carbonyl (C=O) groups is 3. The van der Waals surface area contributed by atoms with Crippen LogP contribution in [0.1, 0.15) is 28.7 Å². The summed E-state index contributed by atoms with van der Waals surface area (Å²) >= 11 is 6.01. The summed E-state index contributed by atoms with van der Waals surface area (Å²) in [4.78, 5) is 42.1. The fourth-order valence-corrected chi connectivity index (χ4v) is 4.64. The van der Waals surface area contributed by atoms with E-state index in [2.05, 4.69) is 5.32 Å². The molecule has 2 saturated heterocycles. The van der Waals surface area contributed by atoms with Gasteiger partial charge in [0.25, 0.3) is 0 Å². The predicted octanol–water partition coefficient (Wildman–Crippen LogP) is 4.49. The zero-order valence-corrected chi connectivity index (χ0v) is 20.3. The van der Waals surface area contributed by atoms with Crippen molar-refractivity contribution in [3.8, 4) is 0 Å². The van der Waals surface area contributed by atoms with E-state index in [1.165, 1.54) is 14.7 Å². The van der Waals surface area contributed by atoms with Gasteiger partial charge in [0, 0.05) is 31.1 Å². The highest BCUT2D eigenvalue weighted by Crippen LogP contribution is 2.36. The van der Waals surface area contributed by atoms with Crippen LogP contribution in [0.25, 0.3) is 0 Å². The normalized spacial score (nSPS) is 18.5. The van der Waals surface area contributed by atoms with Crippen molar-refractivity contribution < 1.29 is 40.7 Å². The number of nitrogens with zero attached hydrogens (tertiary/aromatic N) is 3. The van der Waals surface area contributed by atoms with Gasteiger partial charge in [-0.25, -0.2) is 4.79 Å². The summed E-state index contributed by atoms with van der Waals surface area (Å²) in [6.07, 6.45) is -11.0. The minimum absolute atomic E-state index is 0.00693. The number of benzene rings is 2. The molecule has 0 aromatic heterocycles. The van der Waals surface area contributed by atoms with Crippen molar-refractivity contribution in [2.75, 3.05) is 19.6 Å². The van der Waals surface area contributed by atoms with E-state index in [9.17, 15) is 40.7 Å². The number of piperazine rings is 1. The monoisotopic (exact) mass is 562 g/mol. The van der Waals surface area contributed by atoms with E-state index < -0.39 is 47.8 Å². The van der Waals surface area contributed by atoms with Gasteiger partial charge in [-0.15, -0.1) is 0 Å². The summed E-state index contributed by atoms with van der Waals surface area (Å²) in [5.41, 5.74) is -2.66. The Morgan fingerprint density at radius 2 is 1.61 bits per heavy atom. The molecule has 7 nitrogen and oxygen atoms in total. The number of carbonyl (C=O) groups excluding carboxylic acids is 3. The molecule has 2 aromatic rings. The summed E-state index contributed by atoms with van der Waals surface area (Å²) in [5.74, 6) is -0.692. The Balaban J connectivity index is 1.50. The summed E-state index contributed by atoms with van der Waals surface area (Å²) in [6, 6.07) is 7.08. The molecule has 0 radical (unpaired) electrons. The van der Waals surface area contributed by atoms with Crippen LogP contribution in [0, 0.1) is 0 Å². The SMILES string of the molecule is O=C1CN2C(=O)CCN(C(=O)NCc3cc(C(F)(F)F)cc(C(F)(F)F)c3)C2CN1Cc1cccc(Cl)c1. The molecule has 2 heterocycles. The standard InChI is InChI=1S/C24H21ClF6N4O3/c25-18-3-1-2-14(8-18)11-33-12-19-34(5-4-20(36)35(19)13-21(33)37)22(38)32-10-15-6-16(23(26,27)28)9-17(7-15)24(29,30)31/h1-3,6-9,19H,4-5,10-13H2,(H,32,38). The van der Waals surface area contributed by atoms with Crippen molar-refractivity contribution in [1.29, 1.82) is 0 Å². The van der Waals surface area contributed by atoms with E-state index >= 15 is 0 Å². The fraction of sp³-hybridized carbons (Fsp3) is 0.375. The van der Waals surface area contributed by atoms with Crippen molar-refractivity contribution in [3.05, 3.63) is 69.7 Å². The lowest BCUT2D eigenvalue weighted by Gasteiger charge is -2.48. The minimum Gasteiger partial charge on any atom is -0.334 e. The molecule has 0 saturated carbocycles. The van der Waals surface area contributed by atoms with Gasteiger partial charge in [0.2, 0.25) is 11.8 Å². The van der Waals surface area contributed by atoms with Crippen LogP contribution in [-0.4, -0.2) is 58.3 Å². The molecule has 4 amide bonds. The highest BCUT2D eigenvalue weighted by molar-refractivity contribution is 6.30. The van der Waals surface area contributed by atoms with Gasteiger partial charge < -0.3 is 20.0 Å². The molecule has 2 aliphatic rings. The Hall–Kier alpha value is -3.48. The number of hydrogen-bond donors (Lipinski definition) is 1. The second-order valence-corrected chi connectivity index (χ2v) is 9.36. The van der Waals surface area contributed by atoms with E-state index in [4.69, 9.17) is 11.6 Å². The van der Waals surface area contributed by atoms with Crippen molar-refractivity contribution in [2.45, 2.75) is 38.0 Å². The molecular weight excluding hydrogens is 542 g/mol. The van der Waals surface area contributed by atoms with Crippen LogP contribution in [-0.2, 0) is 35.0 Å². The van der Waals surface area contributed by atoms with Crippen LogP contribution < -0.4 is 5.32 Å². The van der Waals surface area contributed by atoms with E-state index in [0.717, 1.165) is 5.56 Å². The smallest absolute Gasteiger partial charge is 0.334 e. The van der Waals surface area contributed by atoms with Crippen molar-refractivity contribution in [1.82, 2.24) is 20.0 Å². The predicted molar refractivity (Wildman–Crippen MR) is 122 cm³/mol. The Kier molecular flexibility index (Phi) is 7.51. The molecule has 14 heteroatoms. The number of fused-ring (bicyclic) bond motifs is 1. The number of halogens is 7. The molecule has 0 aliphatic carbocycles. The van der Waals surface area contributed by atoms with Gasteiger partial charge in [0.15, 0.2) is 0 Å². The second kappa shape index (κ2) is 10.4. The maximum absolute atomic E-state index is 13.2. The van der Waals surface area contributed by atoms with Gasteiger partial charge in [-0.1, -0.05) is 23.7 Å². The molecule has 2 fully saturated rings. The molecule has 1 atom stereocenters. The number of amides is 4. The third kappa shape index (κ3) is 6.14. The fourth-order valence-electron chi connectivity index (χ4n) is 4.42. The molecule has 2 aliphatic heterocycles. The first-order chi connectivity index (χ1) is 17.7. The minimum atomic E-state index is -5.02. The van der Waals surface area contributed by atoms with E-state index in [0.29, 0.717) is 17.2 Å². The van der Waals surface area contributed by atoms with Crippen LogP contribution >= 0.6 is 11.6 Å². The van der Waals surface area contributed by atoms with Crippen molar-refractivity contribution >= 4 is 29.4 Å². The quantitative estimate of drug-likeness (QED) is 0.558. The average molecular weight is 563 g/mol. The van der Waals surface area contributed by atoms with Crippen LogP contribution in [0.2, 0.25) is 5.02 Å². The van der Waals surface area contributed by atoms with E-state index in [1.807, 2.05) is 0 Å². The summed E-state index contributed by atoms with van der Waals surface area (Å²) in [6.45, 7) is -0.809. The Morgan fingerprint density at radius 3 is 2.21 bits per heavy atom. The van der Waals surface area contributed by atoms with Gasteiger partial charge in [-0.05, 0) is 41.5 Å². The van der Waals surface area contributed by atoms with Crippen molar-refractivity contribution in [3.63, 3.8) is 0 Å². The van der Waals surface area contributed by atoms with Crippen LogP contribution in [0.5, 0.6) is 0 Å². The van der Waals surface area contributed by atoms with Gasteiger partial charge >= 0.3 is 18.4 Å². The van der Waals surface area contributed by atoms with Gasteiger partial charge in [0.1, 0.15) is 12.7 Å². The summed E-state index contributed by atoms with van der Waals surface area (Å²) in [5, 5.41) is 2.81. The lowest BCUT2D eigenvalue weighted by molar-refractivity contribution is -0.159. The van der Waals surface area contributed by atoms with Crippen LogP contribution in [0.3, 0.4) is 0 Å². The van der Waals surface area contributed by atoms with Gasteiger partial charge in [0.05, 0.1) is 17.7 Å². The molecule has 2 aromatic carbocycles. The Labute approximate surface area is 217 Å². The Morgan fingerprint density at radius 1 is 0.947 bits per heavy atom. The average Bonchev–Trinajstić information content (AvgIpc) is 2.82. The van der Waals surface area contributed by atoms with Gasteiger partial charge in [-0.3, -0.25) is 9.59 Å². The summed E-state index contributed by atoms with van der Waals surface area (Å²) in [7, 11) is 0. The van der Waals surface area contributed by atoms with Crippen LogP contribution in [0.15, 0.2) is 42.5 Å². The largest absolute Gasteiger partial charge is 0.416 e. The third-order valence-electron chi connectivity index (χ3n) is 6.26. The highest BCUT2D eigenvalue weighted by Gasteiger charge is 2.43. The number of alkyl halides is 6. The maximum atomic E-state index is 13.2. The molecule has 1 N–H and O–H groups in total. The topological polar surface area (TPSA) is 73.0 Å². The number of rotatable bonds is 4. The first kappa shape index (κ1) is 27.6. The molecule has 4 rings (SSSR count). The maximum Gasteiger partial charge on any atom is 0.416 e. The number of hydrogen-bond acceptors (Lipinski definition) is 3.